The summed E-state index contributed by atoms with van der Waals surface area (Å²) in [5, 5.41) is 10.4. The summed E-state index contributed by atoms with van der Waals surface area (Å²) < 4.78 is 1.86. The third kappa shape index (κ3) is 4.31. The molecule has 1 saturated heterocycles. The van der Waals surface area contributed by atoms with Gasteiger partial charge in [0, 0.05) is 19.3 Å². The number of aromatic nitrogens is 2. The molecule has 1 atom stereocenters. The highest BCUT2D eigenvalue weighted by Crippen LogP contribution is 2.09. The Balaban J connectivity index is 0.00000162. The number of hydrogen-bond acceptors (Lipinski definition) is 3. The zero-order valence-corrected chi connectivity index (χ0v) is 11.5. The van der Waals surface area contributed by atoms with Crippen molar-refractivity contribution in [1.82, 2.24) is 20.4 Å². The van der Waals surface area contributed by atoms with Gasteiger partial charge in [-0.25, -0.2) is 0 Å². The number of halogens is 1. The SMILES string of the molecule is Cc1cnn(CCNC(=O)[C@@H]2CCCNC2)c1.Cl. The fourth-order valence-electron chi connectivity index (χ4n) is 2.10. The molecule has 1 aliphatic rings. The van der Waals surface area contributed by atoms with Crippen molar-refractivity contribution in [2.45, 2.75) is 26.3 Å². The molecular formula is C12H21ClN4O. The van der Waals surface area contributed by atoms with Gasteiger partial charge in [-0.05, 0) is 31.9 Å². The Hall–Kier alpha value is -1.07. The number of nitrogens with zero attached hydrogens (tertiary/aromatic N) is 2. The first-order chi connectivity index (χ1) is 8.25. The highest BCUT2D eigenvalue weighted by atomic mass is 35.5. The first-order valence-corrected chi connectivity index (χ1v) is 6.23. The van der Waals surface area contributed by atoms with Crippen molar-refractivity contribution in [2.24, 2.45) is 5.92 Å². The quantitative estimate of drug-likeness (QED) is 0.850. The van der Waals surface area contributed by atoms with Gasteiger partial charge in [-0.1, -0.05) is 0 Å². The maximum absolute atomic E-state index is 11.8. The van der Waals surface area contributed by atoms with Gasteiger partial charge in [-0.3, -0.25) is 9.48 Å². The van der Waals surface area contributed by atoms with Crippen LogP contribution in [0.3, 0.4) is 0 Å². The van der Waals surface area contributed by atoms with Crippen LogP contribution < -0.4 is 10.6 Å². The van der Waals surface area contributed by atoms with Crippen LogP contribution >= 0.6 is 12.4 Å². The van der Waals surface area contributed by atoms with Crippen molar-refractivity contribution in [3.05, 3.63) is 18.0 Å². The molecule has 18 heavy (non-hydrogen) atoms. The topological polar surface area (TPSA) is 59.0 Å². The first-order valence-electron chi connectivity index (χ1n) is 6.23. The van der Waals surface area contributed by atoms with Gasteiger partial charge in [0.25, 0.3) is 0 Å². The molecule has 5 nitrogen and oxygen atoms in total. The van der Waals surface area contributed by atoms with Crippen LogP contribution in [0.25, 0.3) is 0 Å². The van der Waals surface area contributed by atoms with Crippen molar-refractivity contribution < 1.29 is 4.79 Å². The van der Waals surface area contributed by atoms with Crippen LogP contribution in [0.1, 0.15) is 18.4 Å². The van der Waals surface area contributed by atoms with E-state index in [0.717, 1.165) is 38.0 Å². The van der Waals surface area contributed by atoms with E-state index >= 15 is 0 Å². The van der Waals surface area contributed by atoms with E-state index in [1.807, 2.05) is 24.0 Å². The summed E-state index contributed by atoms with van der Waals surface area (Å²) in [6, 6.07) is 0. The Kier molecular flexibility index (Phi) is 6.15. The van der Waals surface area contributed by atoms with Gasteiger partial charge in [0.15, 0.2) is 0 Å². The molecule has 2 heterocycles. The Morgan fingerprint density at radius 2 is 2.50 bits per heavy atom. The van der Waals surface area contributed by atoms with Crippen molar-refractivity contribution in [2.75, 3.05) is 19.6 Å². The van der Waals surface area contributed by atoms with Gasteiger partial charge in [0.05, 0.1) is 18.7 Å². The molecule has 2 N–H and O–H groups in total. The third-order valence-electron chi connectivity index (χ3n) is 3.07. The summed E-state index contributed by atoms with van der Waals surface area (Å²) in [6.45, 7) is 5.25. The van der Waals surface area contributed by atoms with Crippen LogP contribution in [-0.4, -0.2) is 35.3 Å². The molecule has 0 bridgehead atoms. The number of amides is 1. The highest BCUT2D eigenvalue weighted by molar-refractivity contribution is 5.85. The van der Waals surface area contributed by atoms with E-state index in [1.165, 1.54) is 0 Å². The van der Waals surface area contributed by atoms with Gasteiger partial charge in [0.1, 0.15) is 0 Å². The van der Waals surface area contributed by atoms with E-state index in [2.05, 4.69) is 15.7 Å². The van der Waals surface area contributed by atoms with Gasteiger partial charge in [-0.15, -0.1) is 12.4 Å². The lowest BCUT2D eigenvalue weighted by molar-refractivity contribution is -0.125. The fraction of sp³-hybridized carbons (Fsp3) is 0.667. The second kappa shape index (κ2) is 7.38. The van der Waals surface area contributed by atoms with Crippen molar-refractivity contribution in [3.63, 3.8) is 0 Å². The number of carbonyl (C=O) groups excluding carboxylic acids is 1. The second-order valence-electron chi connectivity index (χ2n) is 4.62. The van der Waals surface area contributed by atoms with Crippen LogP contribution in [-0.2, 0) is 11.3 Å². The van der Waals surface area contributed by atoms with E-state index in [-0.39, 0.29) is 24.2 Å². The Morgan fingerprint density at radius 1 is 1.67 bits per heavy atom. The van der Waals surface area contributed by atoms with E-state index < -0.39 is 0 Å². The number of hydrogen-bond donors (Lipinski definition) is 2. The van der Waals surface area contributed by atoms with E-state index in [1.54, 1.807) is 0 Å². The Bertz CT molecular complexity index is 374. The van der Waals surface area contributed by atoms with Crippen LogP contribution in [0.4, 0.5) is 0 Å². The molecule has 1 aromatic rings. The van der Waals surface area contributed by atoms with Crippen LogP contribution in [0.5, 0.6) is 0 Å². The van der Waals surface area contributed by atoms with Crippen LogP contribution in [0, 0.1) is 12.8 Å². The summed E-state index contributed by atoms with van der Waals surface area (Å²) in [7, 11) is 0. The molecule has 2 rings (SSSR count). The normalized spacial score (nSPS) is 19.1. The largest absolute Gasteiger partial charge is 0.354 e. The molecule has 0 saturated carbocycles. The molecule has 0 spiro atoms. The molecule has 1 aliphatic heterocycles. The smallest absolute Gasteiger partial charge is 0.224 e. The van der Waals surface area contributed by atoms with Gasteiger partial charge < -0.3 is 10.6 Å². The first kappa shape index (κ1) is 15.0. The van der Waals surface area contributed by atoms with Gasteiger partial charge >= 0.3 is 0 Å². The lowest BCUT2D eigenvalue weighted by atomic mass is 9.99. The zero-order chi connectivity index (χ0) is 12.1. The molecule has 0 radical (unpaired) electrons. The summed E-state index contributed by atoms with van der Waals surface area (Å²) in [5.41, 5.74) is 1.15. The summed E-state index contributed by atoms with van der Waals surface area (Å²) >= 11 is 0. The van der Waals surface area contributed by atoms with E-state index in [9.17, 15) is 4.79 Å². The summed E-state index contributed by atoms with van der Waals surface area (Å²) in [4.78, 5) is 11.8. The molecule has 0 aliphatic carbocycles. The molecule has 1 amide bonds. The van der Waals surface area contributed by atoms with Crippen molar-refractivity contribution in [3.8, 4) is 0 Å². The molecular weight excluding hydrogens is 252 g/mol. The highest BCUT2D eigenvalue weighted by Gasteiger charge is 2.19. The second-order valence-corrected chi connectivity index (χ2v) is 4.62. The minimum Gasteiger partial charge on any atom is -0.354 e. The molecule has 102 valence electrons. The van der Waals surface area contributed by atoms with Crippen LogP contribution in [0.2, 0.25) is 0 Å². The maximum atomic E-state index is 11.8. The lowest BCUT2D eigenvalue weighted by Gasteiger charge is -2.21. The van der Waals surface area contributed by atoms with Crippen molar-refractivity contribution >= 4 is 18.3 Å². The zero-order valence-electron chi connectivity index (χ0n) is 10.7. The number of rotatable bonds is 4. The summed E-state index contributed by atoms with van der Waals surface area (Å²) in [6.07, 6.45) is 5.90. The molecule has 1 aromatic heterocycles. The van der Waals surface area contributed by atoms with E-state index in [0.29, 0.717) is 6.54 Å². The Labute approximate surface area is 114 Å². The standard InChI is InChI=1S/C12H20N4O.ClH/c1-10-7-15-16(9-10)6-5-14-12(17)11-3-2-4-13-8-11;/h7,9,11,13H,2-6,8H2,1H3,(H,14,17);1H/t11-;/m1./s1. The predicted octanol–water partition coefficient (Wildman–Crippen LogP) is 0.729. The summed E-state index contributed by atoms with van der Waals surface area (Å²) in [5.74, 6) is 0.309. The predicted molar refractivity (Wildman–Crippen MR) is 72.8 cm³/mol. The molecule has 0 aromatic carbocycles. The molecule has 6 heteroatoms. The average Bonchev–Trinajstić information content (AvgIpc) is 2.76. The fourth-order valence-corrected chi connectivity index (χ4v) is 2.10. The third-order valence-corrected chi connectivity index (χ3v) is 3.07. The van der Waals surface area contributed by atoms with E-state index in [4.69, 9.17) is 0 Å². The van der Waals surface area contributed by atoms with Crippen LogP contribution in [0.15, 0.2) is 12.4 Å². The number of nitrogens with one attached hydrogen (secondary N) is 2. The number of aryl methyl sites for hydroxylation is 1. The minimum atomic E-state index is 0. The lowest BCUT2D eigenvalue weighted by Crippen LogP contribution is -2.41. The van der Waals surface area contributed by atoms with Crippen molar-refractivity contribution in [1.29, 1.82) is 0 Å². The Morgan fingerprint density at radius 3 is 3.11 bits per heavy atom. The maximum Gasteiger partial charge on any atom is 0.224 e. The molecule has 0 unspecified atom stereocenters. The monoisotopic (exact) mass is 272 g/mol. The number of carbonyl (C=O) groups is 1. The van der Waals surface area contributed by atoms with Gasteiger partial charge in [0.2, 0.25) is 5.91 Å². The van der Waals surface area contributed by atoms with Gasteiger partial charge in [-0.2, -0.15) is 5.10 Å². The number of piperidine rings is 1. The molecule has 1 fully saturated rings. The minimum absolute atomic E-state index is 0. The average molecular weight is 273 g/mol.